The first kappa shape index (κ1) is 16.7. The lowest BCUT2D eigenvalue weighted by molar-refractivity contribution is -0.384. The Kier molecular flexibility index (Phi) is 5.51. The van der Waals surface area contributed by atoms with Crippen LogP contribution in [0.5, 0.6) is 0 Å². The van der Waals surface area contributed by atoms with Crippen molar-refractivity contribution in [1.29, 1.82) is 0 Å². The molecule has 23 heavy (non-hydrogen) atoms. The maximum atomic E-state index is 11.6. The molecular weight excluding hydrogens is 343 g/mol. The summed E-state index contributed by atoms with van der Waals surface area (Å²) in [6.07, 6.45) is 1.26. The van der Waals surface area contributed by atoms with E-state index in [4.69, 9.17) is 23.2 Å². The number of nitro benzene ring substituents is 1. The quantitative estimate of drug-likeness (QED) is 0.493. The van der Waals surface area contributed by atoms with Gasteiger partial charge in [0.15, 0.2) is 0 Å². The lowest BCUT2D eigenvalue weighted by Crippen LogP contribution is -2.24. The fourth-order valence-electron chi connectivity index (χ4n) is 1.64. The number of rotatable bonds is 4. The van der Waals surface area contributed by atoms with E-state index in [0.717, 1.165) is 0 Å². The maximum absolute atomic E-state index is 11.6. The van der Waals surface area contributed by atoms with Crippen molar-refractivity contribution in [3.8, 4) is 0 Å². The van der Waals surface area contributed by atoms with E-state index >= 15 is 0 Å². The number of carbonyl (C=O) groups is 1. The van der Waals surface area contributed by atoms with Gasteiger partial charge in [-0.15, -0.1) is 0 Å². The van der Waals surface area contributed by atoms with Gasteiger partial charge in [0.05, 0.1) is 11.1 Å². The van der Waals surface area contributed by atoms with E-state index in [2.05, 4.69) is 15.8 Å². The molecule has 7 nitrogen and oxygen atoms in total. The third-order valence-electron chi connectivity index (χ3n) is 2.63. The molecule has 2 aromatic rings. The van der Waals surface area contributed by atoms with Crippen molar-refractivity contribution in [3.05, 3.63) is 68.2 Å². The summed E-state index contributed by atoms with van der Waals surface area (Å²) >= 11 is 11.5. The minimum atomic E-state index is -0.598. The standard InChI is InChI=1S/C14H10Cl2N4O3/c15-10-2-1-3-11(7-10)18-14(21)19-17-8-9-4-5-12(16)13(6-9)20(22)23/h1-8H,(H2,18,19,21). The van der Waals surface area contributed by atoms with Crippen LogP contribution in [0.15, 0.2) is 47.6 Å². The van der Waals surface area contributed by atoms with Crippen LogP contribution in [-0.4, -0.2) is 17.2 Å². The Bertz CT molecular complexity index is 780. The molecule has 0 spiro atoms. The number of carbonyl (C=O) groups excluding carboxylic acids is 1. The molecule has 0 saturated carbocycles. The fraction of sp³-hybridized carbons (Fsp3) is 0. The predicted molar refractivity (Wildman–Crippen MR) is 89.3 cm³/mol. The molecule has 0 saturated heterocycles. The van der Waals surface area contributed by atoms with Crippen LogP contribution < -0.4 is 10.7 Å². The molecule has 0 aliphatic rings. The van der Waals surface area contributed by atoms with Crippen molar-refractivity contribution in [1.82, 2.24) is 5.43 Å². The van der Waals surface area contributed by atoms with Crippen molar-refractivity contribution < 1.29 is 9.72 Å². The molecule has 0 radical (unpaired) electrons. The van der Waals surface area contributed by atoms with Crippen molar-refractivity contribution in [3.63, 3.8) is 0 Å². The summed E-state index contributed by atoms with van der Waals surface area (Å²) in [6.45, 7) is 0. The number of amides is 2. The third kappa shape index (κ3) is 4.94. The Balaban J connectivity index is 1.97. The highest BCUT2D eigenvalue weighted by molar-refractivity contribution is 6.32. The number of nitrogens with one attached hydrogen (secondary N) is 2. The first-order valence-corrected chi connectivity index (χ1v) is 7.01. The van der Waals surface area contributed by atoms with Gasteiger partial charge in [-0.2, -0.15) is 5.10 Å². The van der Waals surface area contributed by atoms with Gasteiger partial charge in [-0.05, 0) is 24.3 Å². The monoisotopic (exact) mass is 352 g/mol. The molecule has 9 heteroatoms. The number of anilines is 1. The number of hydrazone groups is 1. The zero-order valence-corrected chi connectivity index (χ0v) is 13.0. The molecule has 0 aliphatic carbocycles. The second kappa shape index (κ2) is 7.57. The molecule has 2 aromatic carbocycles. The Morgan fingerprint density at radius 3 is 2.70 bits per heavy atom. The molecule has 2 amide bonds. The summed E-state index contributed by atoms with van der Waals surface area (Å²) < 4.78 is 0. The molecule has 2 N–H and O–H groups in total. The molecule has 118 valence electrons. The smallest absolute Gasteiger partial charge is 0.306 e. The average Bonchev–Trinajstić information content (AvgIpc) is 2.48. The first-order valence-electron chi connectivity index (χ1n) is 6.25. The van der Waals surface area contributed by atoms with E-state index in [0.29, 0.717) is 16.3 Å². The van der Waals surface area contributed by atoms with E-state index < -0.39 is 11.0 Å². The molecule has 0 bridgehead atoms. The van der Waals surface area contributed by atoms with E-state index in [1.807, 2.05) is 0 Å². The van der Waals surface area contributed by atoms with Gasteiger partial charge >= 0.3 is 6.03 Å². The number of nitro groups is 1. The van der Waals surface area contributed by atoms with Crippen LogP contribution in [0.25, 0.3) is 0 Å². The second-order valence-corrected chi connectivity index (χ2v) is 5.15. The van der Waals surface area contributed by atoms with Crippen LogP contribution in [0.4, 0.5) is 16.2 Å². The van der Waals surface area contributed by atoms with Crippen LogP contribution in [-0.2, 0) is 0 Å². The van der Waals surface area contributed by atoms with Crippen molar-refractivity contribution in [2.45, 2.75) is 0 Å². The summed E-state index contributed by atoms with van der Waals surface area (Å²) in [5.41, 5.74) is 2.93. The van der Waals surface area contributed by atoms with Gasteiger partial charge in [0, 0.05) is 22.3 Å². The highest BCUT2D eigenvalue weighted by atomic mass is 35.5. The zero-order valence-electron chi connectivity index (χ0n) is 11.5. The van der Waals surface area contributed by atoms with Gasteiger partial charge in [-0.3, -0.25) is 10.1 Å². The Hall–Kier alpha value is -2.64. The number of urea groups is 1. The summed E-state index contributed by atoms with van der Waals surface area (Å²) in [7, 11) is 0. The van der Waals surface area contributed by atoms with Gasteiger partial charge in [0.2, 0.25) is 0 Å². The zero-order chi connectivity index (χ0) is 16.8. The average molecular weight is 353 g/mol. The predicted octanol–water partition coefficient (Wildman–Crippen LogP) is 4.06. The lowest BCUT2D eigenvalue weighted by Gasteiger charge is -2.04. The van der Waals surface area contributed by atoms with Gasteiger partial charge < -0.3 is 5.32 Å². The highest BCUT2D eigenvalue weighted by Crippen LogP contribution is 2.24. The topological polar surface area (TPSA) is 96.6 Å². The largest absolute Gasteiger partial charge is 0.339 e. The third-order valence-corrected chi connectivity index (χ3v) is 3.18. The molecule has 0 unspecified atom stereocenters. The summed E-state index contributed by atoms with van der Waals surface area (Å²) in [5, 5.41) is 17.5. The van der Waals surface area contributed by atoms with E-state index in [-0.39, 0.29) is 10.7 Å². The number of hydrogen-bond acceptors (Lipinski definition) is 4. The minimum absolute atomic E-state index is 0.0267. The molecule has 0 fully saturated rings. The number of halogens is 2. The van der Waals surface area contributed by atoms with Gasteiger partial charge in [0.25, 0.3) is 5.69 Å². The molecule has 0 atom stereocenters. The number of hydrogen-bond donors (Lipinski definition) is 2. The Morgan fingerprint density at radius 2 is 2.00 bits per heavy atom. The van der Waals surface area contributed by atoms with Gasteiger partial charge in [0.1, 0.15) is 5.02 Å². The summed E-state index contributed by atoms with van der Waals surface area (Å²) in [6, 6.07) is 10.2. The normalized spacial score (nSPS) is 10.5. The molecule has 0 heterocycles. The number of benzene rings is 2. The van der Waals surface area contributed by atoms with Gasteiger partial charge in [-0.25, -0.2) is 10.2 Å². The molecule has 0 aliphatic heterocycles. The fourth-order valence-corrected chi connectivity index (χ4v) is 2.02. The molecule has 0 aromatic heterocycles. The van der Waals surface area contributed by atoms with Crippen molar-refractivity contribution >= 4 is 46.8 Å². The van der Waals surface area contributed by atoms with Crippen molar-refractivity contribution in [2.75, 3.05) is 5.32 Å². The van der Waals surface area contributed by atoms with Crippen LogP contribution >= 0.6 is 23.2 Å². The summed E-state index contributed by atoms with van der Waals surface area (Å²) in [5.74, 6) is 0. The van der Waals surface area contributed by atoms with Crippen LogP contribution in [0, 0.1) is 10.1 Å². The second-order valence-electron chi connectivity index (χ2n) is 4.30. The van der Waals surface area contributed by atoms with Crippen LogP contribution in [0.3, 0.4) is 0 Å². The van der Waals surface area contributed by atoms with E-state index in [9.17, 15) is 14.9 Å². The summed E-state index contributed by atoms with van der Waals surface area (Å²) in [4.78, 5) is 21.8. The van der Waals surface area contributed by atoms with Gasteiger partial charge in [-0.1, -0.05) is 35.3 Å². The van der Waals surface area contributed by atoms with Crippen LogP contribution in [0.2, 0.25) is 10.0 Å². The van der Waals surface area contributed by atoms with Crippen LogP contribution in [0.1, 0.15) is 5.56 Å². The van der Waals surface area contributed by atoms with E-state index in [1.165, 1.54) is 24.4 Å². The van der Waals surface area contributed by atoms with Crippen molar-refractivity contribution in [2.24, 2.45) is 5.10 Å². The Labute approximate surface area is 141 Å². The molecular formula is C14H10Cl2N4O3. The maximum Gasteiger partial charge on any atom is 0.339 e. The SMILES string of the molecule is O=C(NN=Cc1ccc(Cl)c([N+](=O)[O-])c1)Nc1cccc(Cl)c1. The highest BCUT2D eigenvalue weighted by Gasteiger charge is 2.11. The minimum Gasteiger partial charge on any atom is -0.306 e. The first-order chi connectivity index (χ1) is 11.0. The lowest BCUT2D eigenvalue weighted by atomic mass is 10.2. The molecule has 2 rings (SSSR count). The number of nitrogens with zero attached hydrogens (tertiary/aromatic N) is 2. The Morgan fingerprint density at radius 1 is 1.22 bits per heavy atom. The van der Waals surface area contributed by atoms with E-state index in [1.54, 1.807) is 24.3 Å².